The van der Waals surface area contributed by atoms with Gasteiger partial charge in [0.25, 0.3) is 5.95 Å². The van der Waals surface area contributed by atoms with Gasteiger partial charge in [0.05, 0.1) is 6.21 Å². The number of nitrogen functional groups attached to an aromatic ring is 1. The minimum absolute atomic E-state index is 0.283. The third-order valence-corrected chi connectivity index (χ3v) is 2.33. The van der Waals surface area contributed by atoms with Crippen molar-refractivity contribution in [2.45, 2.75) is 13.3 Å². The SMILES string of the molecule is CCc1nnc(N/N=C\c2ccc(F)cc2)n1N. The van der Waals surface area contributed by atoms with Crippen molar-refractivity contribution in [1.29, 1.82) is 0 Å². The van der Waals surface area contributed by atoms with Gasteiger partial charge in [-0.15, -0.1) is 10.2 Å². The van der Waals surface area contributed by atoms with E-state index in [2.05, 4.69) is 20.7 Å². The van der Waals surface area contributed by atoms with E-state index in [1.165, 1.54) is 16.8 Å². The summed E-state index contributed by atoms with van der Waals surface area (Å²) in [6.45, 7) is 1.93. The Morgan fingerprint density at radius 3 is 2.72 bits per heavy atom. The van der Waals surface area contributed by atoms with E-state index in [0.717, 1.165) is 5.56 Å². The number of aromatic nitrogens is 3. The standard InChI is InChI=1S/C11H13FN6/c1-2-10-15-17-11(18(10)13)16-14-7-8-3-5-9(12)6-4-8/h3-7H,2,13H2,1H3,(H,16,17)/b14-7-. The molecule has 18 heavy (non-hydrogen) atoms. The number of nitrogens with zero attached hydrogens (tertiary/aromatic N) is 4. The molecule has 1 heterocycles. The average molecular weight is 248 g/mol. The first-order valence-corrected chi connectivity index (χ1v) is 5.44. The maximum absolute atomic E-state index is 12.7. The Hall–Kier alpha value is -2.44. The number of hydrogen-bond donors (Lipinski definition) is 2. The summed E-state index contributed by atoms with van der Waals surface area (Å²) in [7, 11) is 0. The van der Waals surface area contributed by atoms with E-state index in [1.54, 1.807) is 18.3 Å². The monoisotopic (exact) mass is 248 g/mol. The van der Waals surface area contributed by atoms with Gasteiger partial charge in [0.2, 0.25) is 0 Å². The smallest absolute Gasteiger partial charge is 0.263 e. The van der Waals surface area contributed by atoms with E-state index in [4.69, 9.17) is 5.84 Å². The van der Waals surface area contributed by atoms with Crippen molar-refractivity contribution in [1.82, 2.24) is 14.9 Å². The second-order valence-corrected chi connectivity index (χ2v) is 3.58. The van der Waals surface area contributed by atoms with Gasteiger partial charge in [-0.3, -0.25) is 0 Å². The first-order valence-electron chi connectivity index (χ1n) is 5.44. The molecule has 0 fully saturated rings. The van der Waals surface area contributed by atoms with Crippen LogP contribution in [-0.4, -0.2) is 21.1 Å². The molecular weight excluding hydrogens is 235 g/mol. The van der Waals surface area contributed by atoms with Gasteiger partial charge in [-0.05, 0) is 17.7 Å². The normalized spacial score (nSPS) is 11.0. The molecule has 1 aromatic carbocycles. The molecule has 0 amide bonds. The van der Waals surface area contributed by atoms with Gasteiger partial charge < -0.3 is 5.84 Å². The highest BCUT2D eigenvalue weighted by molar-refractivity contribution is 5.79. The van der Waals surface area contributed by atoms with Crippen LogP contribution in [-0.2, 0) is 6.42 Å². The van der Waals surface area contributed by atoms with Gasteiger partial charge >= 0.3 is 0 Å². The lowest BCUT2D eigenvalue weighted by atomic mass is 10.2. The maximum atomic E-state index is 12.7. The molecule has 3 N–H and O–H groups in total. The largest absolute Gasteiger partial charge is 0.335 e. The fourth-order valence-electron chi connectivity index (χ4n) is 1.35. The molecule has 6 nitrogen and oxygen atoms in total. The number of halogens is 1. The van der Waals surface area contributed by atoms with E-state index in [9.17, 15) is 4.39 Å². The number of nitrogens with two attached hydrogens (primary N) is 1. The van der Waals surface area contributed by atoms with Crippen molar-refractivity contribution < 1.29 is 4.39 Å². The van der Waals surface area contributed by atoms with Crippen LogP contribution in [0.2, 0.25) is 0 Å². The third-order valence-electron chi connectivity index (χ3n) is 2.33. The molecule has 1 aromatic heterocycles. The van der Waals surface area contributed by atoms with Crippen LogP contribution in [0.15, 0.2) is 29.4 Å². The summed E-state index contributed by atoms with van der Waals surface area (Å²) < 4.78 is 14.0. The first-order chi connectivity index (χ1) is 8.70. The second-order valence-electron chi connectivity index (χ2n) is 3.58. The van der Waals surface area contributed by atoms with Crippen LogP contribution < -0.4 is 11.3 Å². The lowest BCUT2D eigenvalue weighted by Crippen LogP contribution is -2.14. The van der Waals surface area contributed by atoms with Crippen LogP contribution >= 0.6 is 0 Å². The molecule has 0 unspecified atom stereocenters. The number of nitrogens with one attached hydrogen (secondary N) is 1. The molecule has 0 aliphatic heterocycles. The Balaban J connectivity index is 2.02. The molecule has 0 saturated carbocycles. The fourth-order valence-corrected chi connectivity index (χ4v) is 1.35. The number of benzene rings is 1. The summed E-state index contributed by atoms with van der Waals surface area (Å²) in [5.41, 5.74) is 3.44. The van der Waals surface area contributed by atoms with E-state index < -0.39 is 0 Å². The van der Waals surface area contributed by atoms with Crippen LogP contribution in [0.5, 0.6) is 0 Å². The number of anilines is 1. The van der Waals surface area contributed by atoms with Gasteiger partial charge in [-0.2, -0.15) is 5.10 Å². The highest BCUT2D eigenvalue weighted by atomic mass is 19.1. The molecule has 0 spiro atoms. The Labute approximate surface area is 103 Å². The predicted molar refractivity (Wildman–Crippen MR) is 67.2 cm³/mol. The van der Waals surface area contributed by atoms with Gasteiger partial charge in [0, 0.05) is 6.42 Å². The van der Waals surface area contributed by atoms with Crippen molar-refractivity contribution in [3.05, 3.63) is 41.5 Å². The molecule has 0 saturated heterocycles. The molecule has 0 aliphatic rings. The molecule has 2 rings (SSSR count). The van der Waals surface area contributed by atoms with E-state index in [0.29, 0.717) is 18.2 Å². The molecule has 2 aromatic rings. The summed E-state index contributed by atoms with van der Waals surface area (Å²) in [6.07, 6.45) is 2.23. The molecule has 7 heteroatoms. The summed E-state index contributed by atoms with van der Waals surface area (Å²) in [5, 5.41) is 11.7. The zero-order valence-corrected chi connectivity index (χ0v) is 9.84. The minimum atomic E-state index is -0.283. The molecule has 0 atom stereocenters. The third kappa shape index (κ3) is 2.62. The van der Waals surface area contributed by atoms with Crippen LogP contribution in [0.25, 0.3) is 0 Å². The average Bonchev–Trinajstić information content (AvgIpc) is 2.73. The van der Waals surface area contributed by atoms with Crippen LogP contribution in [0.3, 0.4) is 0 Å². The van der Waals surface area contributed by atoms with Crippen molar-refractivity contribution in [3.8, 4) is 0 Å². The number of hydrogen-bond acceptors (Lipinski definition) is 5. The van der Waals surface area contributed by atoms with Crippen LogP contribution in [0.1, 0.15) is 18.3 Å². The van der Waals surface area contributed by atoms with Crippen molar-refractivity contribution in [3.63, 3.8) is 0 Å². The fraction of sp³-hybridized carbons (Fsp3) is 0.182. The highest BCUT2D eigenvalue weighted by Crippen LogP contribution is 2.03. The summed E-state index contributed by atoms with van der Waals surface area (Å²) >= 11 is 0. The zero-order chi connectivity index (χ0) is 13.0. The topological polar surface area (TPSA) is 81.1 Å². The highest BCUT2D eigenvalue weighted by Gasteiger charge is 2.05. The van der Waals surface area contributed by atoms with Gasteiger partial charge in [-0.25, -0.2) is 14.5 Å². The van der Waals surface area contributed by atoms with Gasteiger partial charge in [0.15, 0.2) is 5.82 Å². The lowest BCUT2D eigenvalue weighted by molar-refractivity contribution is 0.628. The quantitative estimate of drug-likeness (QED) is 0.483. The second kappa shape index (κ2) is 5.26. The minimum Gasteiger partial charge on any atom is -0.335 e. The van der Waals surface area contributed by atoms with Gasteiger partial charge in [-0.1, -0.05) is 19.1 Å². The summed E-state index contributed by atoms with van der Waals surface area (Å²) in [4.78, 5) is 0. The summed E-state index contributed by atoms with van der Waals surface area (Å²) in [6, 6.07) is 5.96. The molecule has 0 aliphatic carbocycles. The van der Waals surface area contributed by atoms with Crippen molar-refractivity contribution in [2.75, 3.05) is 11.3 Å². The van der Waals surface area contributed by atoms with E-state index in [1.807, 2.05) is 6.92 Å². The molecule has 0 radical (unpaired) electrons. The van der Waals surface area contributed by atoms with Crippen molar-refractivity contribution >= 4 is 12.2 Å². The summed E-state index contributed by atoms with van der Waals surface area (Å²) in [5.74, 6) is 6.45. The Bertz CT molecular complexity index is 545. The number of hydrazone groups is 1. The Kier molecular flexibility index (Phi) is 3.52. The Morgan fingerprint density at radius 1 is 1.39 bits per heavy atom. The maximum Gasteiger partial charge on any atom is 0.263 e. The predicted octanol–water partition coefficient (Wildman–Crippen LogP) is 1.14. The van der Waals surface area contributed by atoms with E-state index in [-0.39, 0.29) is 5.82 Å². The zero-order valence-electron chi connectivity index (χ0n) is 9.84. The molecular formula is C11H13FN6. The Morgan fingerprint density at radius 2 is 2.11 bits per heavy atom. The van der Waals surface area contributed by atoms with Crippen LogP contribution in [0, 0.1) is 5.82 Å². The van der Waals surface area contributed by atoms with Gasteiger partial charge in [0.1, 0.15) is 5.82 Å². The molecule has 94 valence electrons. The lowest BCUT2D eigenvalue weighted by Gasteiger charge is -2.00. The number of aryl methyl sites for hydroxylation is 1. The van der Waals surface area contributed by atoms with Crippen molar-refractivity contribution in [2.24, 2.45) is 5.10 Å². The first kappa shape index (κ1) is 12.0. The van der Waals surface area contributed by atoms with E-state index >= 15 is 0 Å². The number of rotatable bonds is 4. The van der Waals surface area contributed by atoms with Crippen LogP contribution in [0.4, 0.5) is 10.3 Å². The molecule has 0 bridgehead atoms.